The minimum Gasteiger partial charge on any atom is -0.355 e. The van der Waals surface area contributed by atoms with Gasteiger partial charge in [0.15, 0.2) is 0 Å². The first kappa shape index (κ1) is 27.4. The highest BCUT2D eigenvalue weighted by atomic mass is 35.5. The molecule has 0 bridgehead atoms. The number of nitrogens with one attached hydrogen (secondary N) is 1. The number of amides is 2. The first-order chi connectivity index (χ1) is 16.9. The maximum Gasteiger partial charge on any atom is 0.243 e. The molecule has 3 aromatic carbocycles. The molecule has 0 aliphatic rings. The van der Waals surface area contributed by atoms with E-state index in [0.717, 1.165) is 16.7 Å². The maximum absolute atomic E-state index is 13.6. The van der Waals surface area contributed by atoms with Gasteiger partial charge in [-0.1, -0.05) is 89.4 Å². The monoisotopic (exact) mass is 548 g/mol. The number of thioether (sulfide) groups is 1. The Hall–Kier alpha value is -2.18. The lowest BCUT2D eigenvalue weighted by Gasteiger charge is -2.31. The smallest absolute Gasteiger partial charge is 0.243 e. The van der Waals surface area contributed by atoms with Crippen LogP contribution in [0.2, 0.25) is 15.1 Å². The second kappa shape index (κ2) is 13.8. The van der Waals surface area contributed by atoms with Gasteiger partial charge in [-0.15, -0.1) is 11.8 Å². The molecule has 0 aliphatic heterocycles. The zero-order valence-electron chi connectivity index (χ0n) is 19.3. The first-order valence-corrected chi connectivity index (χ1v) is 13.5. The van der Waals surface area contributed by atoms with Crippen molar-refractivity contribution in [2.75, 3.05) is 12.3 Å². The minimum absolute atomic E-state index is 0.153. The molecule has 0 fully saturated rings. The van der Waals surface area contributed by atoms with Crippen LogP contribution < -0.4 is 5.32 Å². The number of likely N-dealkylation sites (N-methyl/N-ethyl adjacent to an activating group) is 1. The predicted molar refractivity (Wildman–Crippen MR) is 147 cm³/mol. The van der Waals surface area contributed by atoms with Crippen LogP contribution in [-0.4, -0.2) is 35.1 Å². The van der Waals surface area contributed by atoms with Gasteiger partial charge in [0.2, 0.25) is 11.8 Å². The number of halogens is 3. The number of benzene rings is 3. The van der Waals surface area contributed by atoms with Gasteiger partial charge >= 0.3 is 0 Å². The number of hydrogen-bond donors (Lipinski definition) is 1. The largest absolute Gasteiger partial charge is 0.355 e. The van der Waals surface area contributed by atoms with Gasteiger partial charge < -0.3 is 10.2 Å². The normalized spacial score (nSPS) is 11.7. The summed E-state index contributed by atoms with van der Waals surface area (Å²) in [5.41, 5.74) is 2.65. The van der Waals surface area contributed by atoms with E-state index >= 15 is 0 Å². The Kier molecular flexibility index (Phi) is 10.8. The van der Waals surface area contributed by atoms with Crippen molar-refractivity contribution in [3.05, 3.63) is 105 Å². The molecule has 1 N–H and O–H groups in total. The van der Waals surface area contributed by atoms with Crippen molar-refractivity contribution in [3.63, 3.8) is 0 Å². The highest BCUT2D eigenvalue weighted by Crippen LogP contribution is 2.26. The summed E-state index contributed by atoms with van der Waals surface area (Å²) in [5.74, 6) is 0.429. The van der Waals surface area contributed by atoms with Gasteiger partial charge in [-0.2, -0.15) is 0 Å². The Balaban J connectivity index is 1.86. The average molecular weight is 550 g/mol. The van der Waals surface area contributed by atoms with Crippen LogP contribution in [0.4, 0.5) is 0 Å². The van der Waals surface area contributed by atoms with Crippen molar-refractivity contribution in [2.24, 2.45) is 0 Å². The summed E-state index contributed by atoms with van der Waals surface area (Å²) in [7, 11) is 0. The van der Waals surface area contributed by atoms with E-state index in [1.54, 1.807) is 23.1 Å². The molecule has 3 aromatic rings. The molecule has 0 unspecified atom stereocenters. The molecule has 0 radical (unpaired) electrons. The van der Waals surface area contributed by atoms with Gasteiger partial charge in [0.25, 0.3) is 0 Å². The van der Waals surface area contributed by atoms with Gasteiger partial charge in [-0.05, 0) is 41.8 Å². The SMILES string of the molecule is CCNC(=O)[C@@H](Cc1ccccc1)N(Cc1ccc(Cl)cc1Cl)C(=O)CSCc1ccccc1Cl. The van der Waals surface area contributed by atoms with Crippen LogP contribution in [0.15, 0.2) is 72.8 Å². The second-order valence-corrected chi connectivity index (χ2v) is 10.2. The summed E-state index contributed by atoms with van der Waals surface area (Å²) < 4.78 is 0. The molecule has 0 aromatic heterocycles. The van der Waals surface area contributed by atoms with Crippen LogP contribution >= 0.6 is 46.6 Å². The van der Waals surface area contributed by atoms with Gasteiger partial charge in [-0.3, -0.25) is 9.59 Å². The number of nitrogens with zero attached hydrogens (tertiary/aromatic N) is 1. The fraction of sp³-hybridized carbons (Fsp3) is 0.259. The van der Waals surface area contributed by atoms with Crippen molar-refractivity contribution in [1.82, 2.24) is 10.2 Å². The van der Waals surface area contributed by atoms with Gasteiger partial charge in [-0.25, -0.2) is 0 Å². The lowest BCUT2D eigenvalue weighted by Crippen LogP contribution is -2.51. The summed E-state index contributed by atoms with van der Waals surface area (Å²) in [4.78, 5) is 28.4. The van der Waals surface area contributed by atoms with E-state index in [1.807, 2.05) is 61.5 Å². The Bertz CT molecular complexity index is 1140. The highest BCUT2D eigenvalue weighted by Gasteiger charge is 2.30. The fourth-order valence-electron chi connectivity index (χ4n) is 3.63. The quantitative estimate of drug-likeness (QED) is 0.291. The summed E-state index contributed by atoms with van der Waals surface area (Å²) in [6.07, 6.45) is 0.388. The molecule has 8 heteroatoms. The predicted octanol–water partition coefficient (Wildman–Crippen LogP) is 6.66. The topological polar surface area (TPSA) is 49.4 Å². The molecule has 0 saturated heterocycles. The number of hydrogen-bond acceptors (Lipinski definition) is 3. The average Bonchev–Trinajstić information content (AvgIpc) is 2.84. The van der Waals surface area contributed by atoms with Crippen molar-refractivity contribution in [2.45, 2.75) is 31.7 Å². The molecule has 35 heavy (non-hydrogen) atoms. The van der Waals surface area contributed by atoms with Gasteiger partial charge in [0, 0.05) is 40.3 Å². The number of carbonyl (C=O) groups excluding carboxylic acids is 2. The van der Waals surface area contributed by atoms with Gasteiger partial charge in [0.1, 0.15) is 6.04 Å². The number of rotatable bonds is 11. The third kappa shape index (κ3) is 8.18. The summed E-state index contributed by atoms with van der Waals surface area (Å²) in [6, 6.07) is 21.7. The molecule has 0 aliphatic carbocycles. The molecular weight excluding hydrogens is 523 g/mol. The van der Waals surface area contributed by atoms with Crippen LogP contribution in [0.3, 0.4) is 0 Å². The van der Waals surface area contributed by atoms with E-state index in [-0.39, 0.29) is 24.1 Å². The van der Waals surface area contributed by atoms with E-state index in [0.29, 0.717) is 33.8 Å². The minimum atomic E-state index is -0.697. The lowest BCUT2D eigenvalue weighted by molar-refractivity contribution is -0.139. The van der Waals surface area contributed by atoms with Crippen molar-refractivity contribution >= 4 is 58.4 Å². The van der Waals surface area contributed by atoms with Gasteiger partial charge in [0.05, 0.1) is 5.75 Å². The van der Waals surface area contributed by atoms with Crippen molar-refractivity contribution in [1.29, 1.82) is 0 Å². The number of carbonyl (C=O) groups is 2. The zero-order chi connectivity index (χ0) is 25.2. The molecule has 0 heterocycles. The molecule has 3 rings (SSSR count). The first-order valence-electron chi connectivity index (χ1n) is 11.2. The fourth-order valence-corrected chi connectivity index (χ4v) is 5.29. The Morgan fingerprint density at radius 2 is 1.63 bits per heavy atom. The lowest BCUT2D eigenvalue weighted by atomic mass is 10.0. The Morgan fingerprint density at radius 3 is 2.31 bits per heavy atom. The van der Waals surface area contributed by atoms with E-state index in [2.05, 4.69) is 5.32 Å². The Labute approximate surface area is 225 Å². The Morgan fingerprint density at radius 1 is 0.914 bits per heavy atom. The van der Waals surface area contributed by atoms with Crippen LogP contribution in [0.1, 0.15) is 23.6 Å². The van der Waals surface area contributed by atoms with Crippen LogP contribution in [0, 0.1) is 0 Å². The van der Waals surface area contributed by atoms with Crippen molar-refractivity contribution in [3.8, 4) is 0 Å². The molecule has 1 atom stereocenters. The molecule has 184 valence electrons. The molecular formula is C27H27Cl3N2O2S. The molecule has 0 saturated carbocycles. The third-order valence-corrected chi connectivity index (χ3v) is 7.34. The molecule has 0 spiro atoms. The maximum atomic E-state index is 13.6. The summed E-state index contributed by atoms with van der Waals surface area (Å²) in [5, 5.41) is 4.52. The van der Waals surface area contributed by atoms with E-state index in [1.165, 1.54) is 11.8 Å². The second-order valence-electron chi connectivity index (χ2n) is 7.94. The van der Waals surface area contributed by atoms with Crippen LogP contribution in [0.25, 0.3) is 0 Å². The summed E-state index contributed by atoms with van der Waals surface area (Å²) in [6.45, 7) is 2.52. The van der Waals surface area contributed by atoms with Crippen LogP contribution in [0.5, 0.6) is 0 Å². The third-order valence-electron chi connectivity index (χ3n) is 5.42. The van der Waals surface area contributed by atoms with Crippen molar-refractivity contribution < 1.29 is 9.59 Å². The molecule has 2 amide bonds. The van der Waals surface area contributed by atoms with E-state index < -0.39 is 6.04 Å². The molecule has 4 nitrogen and oxygen atoms in total. The zero-order valence-corrected chi connectivity index (χ0v) is 22.4. The highest BCUT2D eigenvalue weighted by molar-refractivity contribution is 7.99. The van der Waals surface area contributed by atoms with Crippen LogP contribution in [-0.2, 0) is 28.3 Å². The standard InChI is InChI=1S/C27H27Cl3N2O2S/c1-2-31-27(34)25(14-19-8-4-3-5-9-19)32(16-20-12-13-22(28)15-24(20)30)26(33)18-35-17-21-10-6-7-11-23(21)29/h3-13,15,25H,2,14,16-18H2,1H3,(H,31,34)/t25-/m1/s1. The van der Waals surface area contributed by atoms with E-state index in [4.69, 9.17) is 34.8 Å². The van der Waals surface area contributed by atoms with E-state index in [9.17, 15) is 9.59 Å². The summed E-state index contributed by atoms with van der Waals surface area (Å²) >= 11 is 20.2.